The highest BCUT2D eigenvalue weighted by molar-refractivity contribution is 7.10. The number of aromatic nitrogens is 2. The molecule has 1 fully saturated rings. The first kappa shape index (κ1) is 11.3. The van der Waals surface area contributed by atoms with Gasteiger partial charge in [0.1, 0.15) is 10.0 Å². The van der Waals surface area contributed by atoms with Gasteiger partial charge in [-0.1, -0.05) is 29.4 Å². The summed E-state index contributed by atoms with van der Waals surface area (Å²) in [6.45, 7) is 5.49. The molecule has 1 aliphatic rings. The average molecular weight is 246 g/mol. The molecule has 1 saturated heterocycles. The lowest BCUT2D eigenvalue weighted by molar-refractivity contribution is 0.163. The molecular weight excluding hydrogens is 230 g/mol. The predicted molar refractivity (Wildman–Crippen MR) is 63.2 cm³/mol. The zero-order chi connectivity index (χ0) is 10.7. The second-order valence-electron chi connectivity index (χ2n) is 4.14. The van der Waals surface area contributed by atoms with Gasteiger partial charge in [-0.15, -0.1) is 5.10 Å². The first-order valence-corrected chi connectivity index (χ1v) is 6.63. The number of hydrogen-bond acceptors (Lipinski definition) is 4. The Morgan fingerprint density at radius 1 is 1.60 bits per heavy atom. The van der Waals surface area contributed by atoms with Crippen molar-refractivity contribution >= 4 is 23.1 Å². The van der Waals surface area contributed by atoms with E-state index in [0.717, 1.165) is 22.5 Å². The molecule has 84 valence electrons. The molecule has 5 heteroatoms. The Bertz CT molecular complexity index is 315. The van der Waals surface area contributed by atoms with E-state index < -0.39 is 0 Å². The number of halogens is 1. The molecule has 1 unspecified atom stereocenters. The number of hydrogen-bond donors (Lipinski definition) is 0. The van der Waals surface area contributed by atoms with Gasteiger partial charge in [0, 0.05) is 24.6 Å². The summed E-state index contributed by atoms with van der Waals surface area (Å²) in [6, 6.07) is 0. The van der Waals surface area contributed by atoms with Gasteiger partial charge >= 0.3 is 0 Å². The van der Waals surface area contributed by atoms with Crippen molar-refractivity contribution in [1.29, 1.82) is 0 Å². The Morgan fingerprint density at radius 3 is 3.13 bits per heavy atom. The van der Waals surface area contributed by atoms with E-state index in [1.807, 2.05) is 0 Å². The van der Waals surface area contributed by atoms with Crippen molar-refractivity contribution in [3.8, 4) is 0 Å². The molecule has 0 bridgehead atoms. The molecule has 0 aliphatic carbocycles. The maximum absolute atomic E-state index is 6.00. The van der Waals surface area contributed by atoms with Crippen LogP contribution >= 0.6 is 23.1 Å². The SMILES string of the molecule is CCC1CCCN(Cc2nnsc2Cl)C1. The normalized spacial score (nSPS) is 23.2. The van der Waals surface area contributed by atoms with Crippen molar-refractivity contribution in [3.63, 3.8) is 0 Å². The molecule has 1 aromatic heterocycles. The monoisotopic (exact) mass is 245 g/mol. The van der Waals surface area contributed by atoms with E-state index in [1.54, 1.807) is 0 Å². The Labute approximate surface area is 99.6 Å². The molecule has 0 spiro atoms. The zero-order valence-corrected chi connectivity index (χ0v) is 10.5. The molecule has 2 rings (SSSR count). The first-order chi connectivity index (χ1) is 7.29. The summed E-state index contributed by atoms with van der Waals surface area (Å²) in [5.41, 5.74) is 0.943. The lowest BCUT2D eigenvalue weighted by Crippen LogP contribution is -2.34. The van der Waals surface area contributed by atoms with Crippen LogP contribution in [0.1, 0.15) is 31.9 Å². The maximum atomic E-state index is 6.00. The first-order valence-electron chi connectivity index (χ1n) is 5.48. The lowest BCUT2D eigenvalue weighted by atomic mass is 9.96. The molecule has 0 N–H and O–H groups in total. The minimum absolute atomic E-state index is 0.744. The van der Waals surface area contributed by atoms with Crippen molar-refractivity contribution in [2.24, 2.45) is 5.92 Å². The zero-order valence-electron chi connectivity index (χ0n) is 8.95. The fraction of sp³-hybridized carbons (Fsp3) is 0.800. The highest BCUT2D eigenvalue weighted by Crippen LogP contribution is 2.23. The van der Waals surface area contributed by atoms with E-state index in [0.29, 0.717) is 0 Å². The third kappa shape index (κ3) is 2.89. The summed E-state index contributed by atoms with van der Waals surface area (Å²) < 4.78 is 4.60. The second-order valence-corrected chi connectivity index (χ2v) is 5.50. The fourth-order valence-electron chi connectivity index (χ4n) is 2.13. The van der Waals surface area contributed by atoms with Crippen LogP contribution in [-0.2, 0) is 6.54 Å². The van der Waals surface area contributed by atoms with Crippen molar-refractivity contribution < 1.29 is 0 Å². The maximum Gasteiger partial charge on any atom is 0.138 e. The second kappa shape index (κ2) is 5.23. The van der Waals surface area contributed by atoms with Crippen LogP contribution in [0.3, 0.4) is 0 Å². The molecule has 0 saturated carbocycles. The van der Waals surface area contributed by atoms with Crippen LogP contribution in [0.15, 0.2) is 0 Å². The number of likely N-dealkylation sites (tertiary alicyclic amines) is 1. The molecule has 1 aliphatic heterocycles. The van der Waals surface area contributed by atoms with E-state index in [1.165, 1.54) is 43.9 Å². The van der Waals surface area contributed by atoms with Gasteiger partial charge in [0.05, 0.1) is 0 Å². The standard InChI is InChI=1S/C10H16ClN3S/c1-2-8-4-3-5-14(6-8)7-9-10(11)15-13-12-9/h8H,2-7H2,1H3. The van der Waals surface area contributed by atoms with Gasteiger partial charge < -0.3 is 0 Å². The van der Waals surface area contributed by atoms with Gasteiger partial charge in [-0.2, -0.15) is 0 Å². The van der Waals surface area contributed by atoms with Crippen LogP contribution in [0.2, 0.25) is 4.34 Å². The highest BCUT2D eigenvalue weighted by Gasteiger charge is 2.20. The Hall–Kier alpha value is -0.190. The largest absolute Gasteiger partial charge is 0.297 e. The molecule has 3 nitrogen and oxygen atoms in total. The van der Waals surface area contributed by atoms with Crippen LogP contribution < -0.4 is 0 Å². The fourth-order valence-corrected chi connectivity index (χ4v) is 2.74. The van der Waals surface area contributed by atoms with Crippen LogP contribution in [0.25, 0.3) is 0 Å². The van der Waals surface area contributed by atoms with Crippen LogP contribution in [0.5, 0.6) is 0 Å². The van der Waals surface area contributed by atoms with Crippen LogP contribution in [0, 0.1) is 5.92 Å². The lowest BCUT2D eigenvalue weighted by Gasteiger charge is -2.31. The minimum Gasteiger partial charge on any atom is -0.297 e. The van der Waals surface area contributed by atoms with Crippen LogP contribution in [0.4, 0.5) is 0 Å². The van der Waals surface area contributed by atoms with Crippen molar-refractivity contribution in [2.45, 2.75) is 32.7 Å². The van der Waals surface area contributed by atoms with E-state index in [9.17, 15) is 0 Å². The minimum atomic E-state index is 0.744. The quantitative estimate of drug-likeness (QED) is 0.820. The predicted octanol–water partition coefficient (Wildman–Crippen LogP) is 2.81. The molecule has 0 radical (unpaired) electrons. The molecule has 1 atom stereocenters. The Kier molecular flexibility index (Phi) is 3.94. The molecular formula is C10H16ClN3S. The Morgan fingerprint density at radius 2 is 2.47 bits per heavy atom. The Balaban J connectivity index is 1.92. The smallest absolute Gasteiger partial charge is 0.138 e. The van der Waals surface area contributed by atoms with E-state index in [4.69, 9.17) is 11.6 Å². The molecule has 0 amide bonds. The third-order valence-corrected chi connectivity index (χ3v) is 4.05. The van der Waals surface area contributed by atoms with Gasteiger partial charge in [-0.3, -0.25) is 4.90 Å². The molecule has 0 aromatic carbocycles. The summed E-state index contributed by atoms with van der Waals surface area (Å²) in [6.07, 6.45) is 3.95. The topological polar surface area (TPSA) is 29.0 Å². The van der Waals surface area contributed by atoms with Crippen molar-refractivity contribution in [3.05, 3.63) is 10.0 Å². The average Bonchev–Trinajstić information content (AvgIpc) is 2.65. The van der Waals surface area contributed by atoms with Gasteiger partial charge in [-0.05, 0) is 25.3 Å². The van der Waals surface area contributed by atoms with E-state index in [-0.39, 0.29) is 0 Å². The summed E-state index contributed by atoms with van der Waals surface area (Å²) >= 11 is 7.27. The van der Waals surface area contributed by atoms with Crippen LogP contribution in [-0.4, -0.2) is 27.6 Å². The van der Waals surface area contributed by atoms with Gasteiger partial charge in [-0.25, -0.2) is 0 Å². The summed E-state index contributed by atoms with van der Waals surface area (Å²) in [7, 11) is 0. The third-order valence-electron chi connectivity index (χ3n) is 3.06. The highest BCUT2D eigenvalue weighted by atomic mass is 35.5. The van der Waals surface area contributed by atoms with Crippen molar-refractivity contribution in [2.75, 3.05) is 13.1 Å². The van der Waals surface area contributed by atoms with E-state index >= 15 is 0 Å². The molecule has 2 heterocycles. The summed E-state index contributed by atoms with van der Waals surface area (Å²) in [5.74, 6) is 0.851. The number of nitrogens with zero attached hydrogens (tertiary/aromatic N) is 3. The van der Waals surface area contributed by atoms with Gasteiger partial charge in [0.15, 0.2) is 0 Å². The number of rotatable bonds is 3. The van der Waals surface area contributed by atoms with Crippen molar-refractivity contribution in [1.82, 2.24) is 14.5 Å². The molecule has 1 aromatic rings. The van der Waals surface area contributed by atoms with E-state index in [2.05, 4.69) is 21.4 Å². The van der Waals surface area contributed by atoms with Gasteiger partial charge in [0.25, 0.3) is 0 Å². The molecule has 15 heavy (non-hydrogen) atoms. The summed E-state index contributed by atoms with van der Waals surface area (Å²) in [4.78, 5) is 2.44. The summed E-state index contributed by atoms with van der Waals surface area (Å²) in [5, 5.41) is 4.06. The number of piperidine rings is 1. The van der Waals surface area contributed by atoms with Gasteiger partial charge in [0.2, 0.25) is 0 Å².